The van der Waals surface area contributed by atoms with Crippen molar-refractivity contribution in [3.05, 3.63) is 0 Å². The fourth-order valence-electron chi connectivity index (χ4n) is 3.37. The minimum Gasteiger partial charge on any atom is -0.369 e. The van der Waals surface area contributed by atoms with Gasteiger partial charge in [-0.15, -0.1) is 0 Å². The molecular formula is C12H18N2O2. The van der Waals surface area contributed by atoms with E-state index in [-0.39, 0.29) is 23.7 Å². The molecule has 0 aromatic rings. The predicted octanol–water partition coefficient (Wildman–Crippen LogP) is 0.366. The van der Waals surface area contributed by atoms with Gasteiger partial charge in [0.1, 0.15) is 0 Å². The highest BCUT2D eigenvalue weighted by molar-refractivity contribution is 5.82. The molecule has 3 aliphatic rings. The van der Waals surface area contributed by atoms with Gasteiger partial charge in [0.25, 0.3) is 0 Å². The number of rotatable bonds is 2. The fraction of sp³-hybridized carbons (Fsp3) is 0.833. The predicted molar refractivity (Wildman–Crippen MR) is 58.2 cm³/mol. The Balaban J connectivity index is 1.57. The third kappa shape index (κ3) is 1.60. The Morgan fingerprint density at radius 2 is 1.75 bits per heavy atom. The van der Waals surface area contributed by atoms with E-state index in [1.54, 1.807) is 0 Å². The van der Waals surface area contributed by atoms with Crippen LogP contribution in [0.1, 0.15) is 25.7 Å². The summed E-state index contributed by atoms with van der Waals surface area (Å²) in [4.78, 5) is 25.0. The van der Waals surface area contributed by atoms with Gasteiger partial charge in [0, 0.05) is 19.0 Å². The number of fused-ring (bicyclic) bond motifs is 1. The van der Waals surface area contributed by atoms with Crippen LogP contribution in [0.3, 0.4) is 0 Å². The van der Waals surface area contributed by atoms with Crippen molar-refractivity contribution in [3.63, 3.8) is 0 Å². The van der Waals surface area contributed by atoms with Crippen molar-refractivity contribution in [1.29, 1.82) is 0 Å². The summed E-state index contributed by atoms with van der Waals surface area (Å²) in [5.74, 6) is 1.82. The summed E-state index contributed by atoms with van der Waals surface area (Å²) in [5.41, 5.74) is 5.27. The van der Waals surface area contributed by atoms with Crippen LogP contribution >= 0.6 is 0 Å². The van der Waals surface area contributed by atoms with E-state index in [2.05, 4.69) is 0 Å². The summed E-state index contributed by atoms with van der Waals surface area (Å²) in [6.07, 6.45) is 4.26. The number of nitrogens with zero attached hydrogens (tertiary/aromatic N) is 1. The van der Waals surface area contributed by atoms with Crippen LogP contribution in [-0.2, 0) is 9.59 Å². The molecule has 0 aromatic carbocycles. The summed E-state index contributed by atoms with van der Waals surface area (Å²) in [6, 6.07) is 0. The van der Waals surface area contributed by atoms with Crippen LogP contribution in [0.5, 0.6) is 0 Å². The van der Waals surface area contributed by atoms with Crippen LogP contribution < -0.4 is 5.73 Å². The number of carbonyl (C=O) groups is 2. The van der Waals surface area contributed by atoms with Crippen molar-refractivity contribution in [1.82, 2.24) is 4.90 Å². The van der Waals surface area contributed by atoms with Gasteiger partial charge in [-0.25, -0.2) is 0 Å². The van der Waals surface area contributed by atoms with Gasteiger partial charge < -0.3 is 10.6 Å². The highest BCUT2D eigenvalue weighted by atomic mass is 16.2. The third-order valence-electron chi connectivity index (χ3n) is 4.50. The van der Waals surface area contributed by atoms with Crippen molar-refractivity contribution >= 4 is 11.8 Å². The lowest BCUT2D eigenvalue weighted by Crippen LogP contribution is -2.35. The van der Waals surface area contributed by atoms with Crippen molar-refractivity contribution in [2.24, 2.45) is 29.4 Å². The van der Waals surface area contributed by atoms with E-state index in [1.165, 1.54) is 6.42 Å². The Bertz CT molecular complexity index is 332. The summed E-state index contributed by atoms with van der Waals surface area (Å²) in [7, 11) is 0. The zero-order valence-corrected chi connectivity index (χ0v) is 9.39. The Hall–Kier alpha value is -1.06. The number of primary amides is 1. The lowest BCUT2D eigenvalue weighted by atomic mass is 10.0. The van der Waals surface area contributed by atoms with Crippen molar-refractivity contribution in [3.8, 4) is 0 Å². The van der Waals surface area contributed by atoms with Crippen molar-refractivity contribution < 1.29 is 9.59 Å². The van der Waals surface area contributed by atoms with Crippen LogP contribution in [-0.4, -0.2) is 29.8 Å². The second kappa shape index (κ2) is 3.47. The largest absolute Gasteiger partial charge is 0.369 e. The molecule has 1 aliphatic heterocycles. The number of nitrogens with two attached hydrogens (primary N) is 1. The maximum absolute atomic E-state index is 12.2. The molecule has 16 heavy (non-hydrogen) atoms. The van der Waals surface area contributed by atoms with Gasteiger partial charge in [-0.3, -0.25) is 9.59 Å². The number of hydrogen-bond donors (Lipinski definition) is 1. The van der Waals surface area contributed by atoms with E-state index in [9.17, 15) is 9.59 Å². The number of hydrogen-bond acceptors (Lipinski definition) is 2. The van der Waals surface area contributed by atoms with Gasteiger partial charge in [-0.2, -0.15) is 0 Å². The summed E-state index contributed by atoms with van der Waals surface area (Å²) >= 11 is 0. The Labute approximate surface area is 95.2 Å². The van der Waals surface area contributed by atoms with Gasteiger partial charge >= 0.3 is 0 Å². The standard InChI is InChI=1S/C12H18N2O2/c13-11(15)7-1-2-14(6-7)12(16)10-4-8-3-9(8)5-10/h7-10H,1-6H2,(H2,13,15). The fourth-order valence-corrected chi connectivity index (χ4v) is 3.37. The average Bonchev–Trinajstić information content (AvgIpc) is 2.72. The van der Waals surface area contributed by atoms with E-state index in [4.69, 9.17) is 5.73 Å². The SMILES string of the molecule is NC(=O)C1CCN(C(=O)C2CC3CC3C2)C1. The number of likely N-dealkylation sites (tertiary alicyclic amines) is 1. The Morgan fingerprint density at radius 1 is 1.06 bits per heavy atom. The van der Waals surface area contributed by atoms with Gasteiger partial charge in [0.15, 0.2) is 0 Å². The summed E-state index contributed by atoms with van der Waals surface area (Å²) in [6.45, 7) is 1.28. The first-order valence-corrected chi connectivity index (χ1v) is 6.23. The molecule has 3 unspecified atom stereocenters. The second-order valence-corrected chi connectivity index (χ2v) is 5.60. The molecule has 0 spiro atoms. The van der Waals surface area contributed by atoms with Crippen LogP contribution in [0.2, 0.25) is 0 Å². The maximum Gasteiger partial charge on any atom is 0.225 e. The normalized spacial score (nSPS) is 40.9. The Morgan fingerprint density at radius 3 is 2.31 bits per heavy atom. The third-order valence-corrected chi connectivity index (χ3v) is 4.50. The van der Waals surface area contributed by atoms with Crippen LogP contribution in [0.25, 0.3) is 0 Å². The molecule has 0 aromatic heterocycles. The summed E-state index contributed by atoms with van der Waals surface area (Å²) < 4.78 is 0. The monoisotopic (exact) mass is 222 g/mol. The first kappa shape index (κ1) is 10.1. The topological polar surface area (TPSA) is 63.4 Å². The van der Waals surface area contributed by atoms with Crippen LogP contribution in [0.4, 0.5) is 0 Å². The van der Waals surface area contributed by atoms with Crippen molar-refractivity contribution in [2.45, 2.75) is 25.7 Å². The summed E-state index contributed by atoms with van der Waals surface area (Å²) in [5, 5.41) is 0. The first-order chi connectivity index (χ1) is 7.65. The molecule has 2 aliphatic carbocycles. The molecule has 2 amide bonds. The molecule has 3 atom stereocenters. The van der Waals surface area contributed by atoms with E-state index < -0.39 is 0 Å². The number of amides is 2. The lowest BCUT2D eigenvalue weighted by Gasteiger charge is -2.21. The van der Waals surface area contributed by atoms with E-state index in [0.29, 0.717) is 6.54 Å². The molecule has 0 radical (unpaired) electrons. The maximum atomic E-state index is 12.2. The minimum absolute atomic E-state index is 0.111. The second-order valence-electron chi connectivity index (χ2n) is 5.60. The number of carbonyl (C=O) groups excluding carboxylic acids is 2. The average molecular weight is 222 g/mol. The van der Waals surface area contributed by atoms with E-state index >= 15 is 0 Å². The molecule has 4 heteroatoms. The zero-order valence-electron chi connectivity index (χ0n) is 9.39. The molecule has 4 nitrogen and oxygen atoms in total. The molecule has 2 saturated carbocycles. The molecule has 2 N–H and O–H groups in total. The zero-order chi connectivity index (χ0) is 11.3. The molecule has 1 saturated heterocycles. The molecule has 1 heterocycles. The molecule has 0 bridgehead atoms. The molecular weight excluding hydrogens is 204 g/mol. The smallest absolute Gasteiger partial charge is 0.225 e. The van der Waals surface area contributed by atoms with Crippen molar-refractivity contribution in [2.75, 3.05) is 13.1 Å². The first-order valence-electron chi connectivity index (χ1n) is 6.23. The quantitative estimate of drug-likeness (QED) is 0.733. The van der Waals surface area contributed by atoms with Crippen LogP contribution in [0.15, 0.2) is 0 Å². The van der Waals surface area contributed by atoms with E-state index in [0.717, 1.165) is 37.6 Å². The van der Waals surface area contributed by atoms with Crippen LogP contribution in [0, 0.1) is 23.7 Å². The molecule has 3 fully saturated rings. The van der Waals surface area contributed by atoms with Gasteiger partial charge in [0.2, 0.25) is 11.8 Å². The molecule has 3 rings (SSSR count). The highest BCUT2D eigenvalue weighted by Gasteiger charge is 2.49. The van der Waals surface area contributed by atoms with Gasteiger partial charge in [-0.05, 0) is 37.5 Å². The van der Waals surface area contributed by atoms with Gasteiger partial charge in [-0.1, -0.05) is 0 Å². The highest BCUT2D eigenvalue weighted by Crippen LogP contribution is 2.54. The minimum atomic E-state index is -0.260. The lowest BCUT2D eigenvalue weighted by molar-refractivity contribution is -0.134. The Kier molecular flexibility index (Phi) is 2.19. The molecule has 88 valence electrons. The van der Waals surface area contributed by atoms with E-state index in [1.807, 2.05) is 4.90 Å². The van der Waals surface area contributed by atoms with Gasteiger partial charge in [0.05, 0.1) is 5.92 Å².